The highest BCUT2D eigenvalue weighted by atomic mass is 32.1. The summed E-state index contributed by atoms with van der Waals surface area (Å²) in [7, 11) is 1.86. The maximum absolute atomic E-state index is 15.8. The lowest BCUT2D eigenvalue weighted by Crippen LogP contribution is -2.39. The maximum Gasteiger partial charge on any atom is 0.246 e. The molecular weight excluding hydrogens is 562 g/mol. The van der Waals surface area contributed by atoms with Crippen LogP contribution in [0.3, 0.4) is 0 Å². The number of aryl methyl sites for hydroxylation is 1. The van der Waals surface area contributed by atoms with Crippen LogP contribution in [0.2, 0.25) is 0 Å². The molecule has 1 aromatic carbocycles. The van der Waals surface area contributed by atoms with Crippen LogP contribution >= 0.6 is 11.3 Å². The van der Waals surface area contributed by atoms with Crippen LogP contribution in [0.5, 0.6) is 5.75 Å². The Morgan fingerprint density at radius 1 is 1.26 bits per heavy atom. The van der Waals surface area contributed by atoms with Gasteiger partial charge in [0.05, 0.1) is 42.0 Å². The van der Waals surface area contributed by atoms with Gasteiger partial charge in [0.2, 0.25) is 5.91 Å². The highest BCUT2D eigenvalue weighted by Gasteiger charge is 2.30. The Labute approximate surface area is 244 Å². The number of ether oxygens (including phenoxy) is 1. The second-order valence-electron chi connectivity index (χ2n) is 10.4. The van der Waals surface area contributed by atoms with Gasteiger partial charge in [0, 0.05) is 47.6 Å². The van der Waals surface area contributed by atoms with E-state index in [0.29, 0.717) is 46.1 Å². The van der Waals surface area contributed by atoms with E-state index in [-0.39, 0.29) is 29.9 Å². The first-order valence-electron chi connectivity index (χ1n) is 13.3. The Balaban J connectivity index is 1.64. The highest BCUT2D eigenvalue weighted by Crippen LogP contribution is 2.47. The zero-order chi connectivity index (χ0) is 29.7. The van der Waals surface area contributed by atoms with Crippen molar-refractivity contribution in [1.82, 2.24) is 29.2 Å². The van der Waals surface area contributed by atoms with E-state index in [0.717, 1.165) is 23.2 Å². The molecule has 0 aliphatic carbocycles. The van der Waals surface area contributed by atoms with Crippen molar-refractivity contribution < 1.29 is 23.4 Å². The van der Waals surface area contributed by atoms with Crippen LogP contribution in [0.4, 0.5) is 8.78 Å². The fraction of sp³-hybridized carbons (Fsp3) is 0.267. The molecule has 9 nitrogen and oxygen atoms in total. The normalized spacial score (nSPS) is 15.6. The molecule has 1 aliphatic heterocycles. The molecule has 0 saturated heterocycles. The number of rotatable bonds is 7. The van der Waals surface area contributed by atoms with Crippen LogP contribution in [0.25, 0.3) is 44.0 Å². The quantitative estimate of drug-likeness (QED) is 0.257. The van der Waals surface area contributed by atoms with Crippen molar-refractivity contribution in [2.24, 2.45) is 7.05 Å². The van der Waals surface area contributed by atoms with Gasteiger partial charge in [0.15, 0.2) is 0 Å². The minimum atomic E-state index is -0.863. The Morgan fingerprint density at radius 3 is 2.79 bits per heavy atom. The number of pyridine rings is 1. The molecule has 5 aromatic rings. The number of imidazole rings is 1. The van der Waals surface area contributed by atoms with Gasteiger partial charge in [-0.2, -0.15) is 5.10 Å². The SMILES string of the molecule is C=CC(=O)N1Cc2cc(-c3nc(-c4cn(C)cn4)c4ccsc4c3-c3c(F)cc(F)cc3OC[C@@H](C)O)nn2[C@@H](C)C1. The Hall–Kier alpha value is -4.42. The van der Waals surface area contributed by atoms with Crippen molar-refractivity contribution >= 4 is 27.3 Å². The molecule has 4 aromatic heterocycles. The summed E-state index contributed by atoms with van der Waals surface area (Å²) in [6, 6.07) is 5.50. The van der Waals surface area contributed by atoms with Crippen LogP contribution in [0.1, 0.15) is 25.6 Å². The molecule has 6 rings (SSSR count). The molecule has 42 heavy (non-hydrogen) atoms. The average Bonchev–Trinajstić information content (AvgIpc) is 3.70. The highest BCUT2D eigenvalue weighted by molar-refractivity contribution is 7.18. The largest absolute Gasteiger partial charge is 0.490 e. The Morgan fingerprint density at radius 2 is 2.07 bits per heavy atom. The number of hydrogen-bond donors (Lipinski definition) is 1. The second-order valence-corrected chi connectivity index (χ2v) is 11.3. The predicted molar refractivity (Wildman–Crippen MR) is 156 cm³/mol. The molecule has 0 saturated carbocycles. The zero-order valence-electron chi connectivity index (χ0n) is 23.2. The first-order valence-corrected chi connectivity index (χ1v) is 14.2. The van der Waals surface area contributed by atoms with E-state index in [1.165, 1.54) is 24.3 Å². The molecule has 216 valence electrons. The molecule has 1 aliphatic rings. The fourth-order valence-corrected chi connectivity index (χ4v) is 6.24. The lowest BCUT2D eigenvalue weighted by Gasteiger charge is -2.31. The first kappa shape index (κ1) is 27.7. The van der Waals surface area contributed by atoms with Crippen molar-refractivity contribution in [3.8, 4) is 39.7 Å². The molecule has 0 radical (unpaired) electrons. The third-order valence-electron chi connectivity index (χ3n) is 7.10. The predicted octanol–water partition coefficient (Wildman–Crippen LogP) is 5.35. The molecule has 0 fully saturated rings. The van der Waals surface area contributed by atoms with Gasteiger partial charge in [-0.05, 0) is 37.4 Å². The lowest BCUT2D eigenvalue weighted by molar-refractivity contribution is -0.127. The summed E-state index contributed by atoms with van der Waals surface area (Å²) in [5, 5.41) is 17.4. The molecule has 2 atom stereocenters. The van der Waals surface area contributed by atoms with E-state index in [2.05, 4.69) is 11.6 Å². The van der Waals surface area contributed by atoms with E-state index < -0.39 is 17.7 Å². The number of carbonyl (C=O) groups is 1. The smallest absolute Gasteiger partial charge is 0.246 e. The van der Waals surface area contributed by atoms with Crippen LogP contribution < -0.4 is 4.74 Å². The average molecular weight is 591 g/mol. The molecule has 0 spiro atoms. The first-order chi connectivity index (χ1) is 20.1. The maximum atomic E-state index is 15.8. The number of halogens is 2. The Kier molecular flexibility index (Phi) is 7.11. The molecule has 1 amide bonds. The molecule has 12 heteroatoms. The van der Waals surface area contributed by atoms with Crippen molar-refractivity contribution in [3.63, 3.8) is 0 Å². The summed E-state index contributed by atoms with van der Waals surface area (Å²) >= 11 is 1.38. The number of nitrogens with zero attached hydrogens (tertiary/aromatic N) is 6. The number of aromatic nitrogens is 5. The van der Waals surface area contributed by atoms with E-state index in [9.17, 15) is 14.3 Å². The summed E-state index contributed by atoms with van der Waals surface area (Å²) in [5.74, 6) is -1.88. The number of fused-ring (bicyclic) bond motifs is 2. The molecule has 0 unspecified atom stereocenters. The summed E-state index contributed by atoms with van der Waals surface area (Å²) in [6.07, 6.45) is 3.94. The summed E-state index contributed by atoms with van der Waals surface area (Å²) in [6.45, 7) is 7.70. The van der Waals surface area contributed by atoms with Gasteiger partial charge >= 0.3 is 0 Å². The van der Waals surface area contributed by atoms with Gasteiger partial charge in [0.25, 0.3) is 0 Å². The Bertz CT molecular complexity index is 1840. The monoisotopic (exact) mass is 590 g/mol. The minimum Gasteiger partial charge on any atom is -0.490 e. The molecular formula is C30H28F2N6O3S. The van der Waals surface area contributed by atoms with Crippen LogP contribution in [0.15, 0.2) is 54.8 Å². The number of aliphatic hydroxyl groups is 1. The van der Waals surface area contributed by atoms with Gasteiger partial charge in [-0.3, -0.25) is 9.48 Å². The topological polar surface area (TPSA) is 98.3 Å². The van der Waals surface area contributed by atoms with Crippen LogP contribution in [-0.2, 0) is 18.4 Å². The van der Waals surface area contributed by atoms with Gasteiger partial charge in [-0.1, -0.05) is 6.58 Å². The third kappa shape index (κ3) is 4.86. The van der Waals surface area contributed by atoms with Crippen LogP contribution in [0, 0.1) is 11.6 Å². The van der Waals surface area contributed by atoms with Crippen molar-refractivity contribution in [2.45, 2.75) is 32.5 Å². The van der Waals surface area contributed by atoms with E-state index >= 15 is 4.39 Å². The number of hydrogen-bond acceptors (Lipinski definition) is 7. The van der Waals surface area contributed by atoms with E-state index in [4.69, 9.17) is 14.8 Å². The van der Waals surface area contributed by atoms with E-state index in [1.54, 1.807) is 11.2 Å². The lowest BCUT2D eigenvalue weighted by atomic mass is 9.97. The second kappa shape index (κ2) is 10.8. The third-order valence-corrected chi connectivity index (χ3v) is 8.03. The van der Waals surface area contributed by atoms with Crippen LogP contribution in [-0.4, -0.2) is 59.5 Å². The fourth-order valence-electron chi connectivity index (χ4n) is 5.29. The van der Waals surface area contributed by atoms with Gasteiger partial charge in [-0.25, -0.2) is 18.7 Å². The van der Waals surface area contributed by atoms with Crippen molar-refractivity contribution in [1.29, 1.82) is 0 Å². The zero-order valence-corrected chi connectivity index (χ0v) is 24.0. The number of benzene rings is 1. The number of thiophene rings is 1. The van der Waals surface area contributed by atoms with Crippen molar-refractivity contribution in [3.05, 3.63) is 72.2 Å². The summed E-state index contributed by atoms with van der Waals surface area (Å²) in [5.41, 5.74) is 3.21. The van der Waals surface area contributed by atoms with Crippen molar-refractivity contribution in [2.75, 3.05) is 13.2 Å². The molecule has 1 N–H and O–H groups in total. The number of aliphatic hydroxyl groups excluding tert-OH is 1. The van der Waals surface area contributed by atoms with Gasteiger partial charge in [0.1, 0.15) is 41.1 Å². The van der Waals surface area contributed by atoms with Gasteiger partial charge < -0.3 is 19.3 Å². The standard InChI is InChI=1S/C30H28F2N6O3S/c1-5-25(40)37-11-16(2)38-19(12-37)10-22(35-38)29-27(26-21(32)8-18(31)9-24(26)41-14-17(3)39)30-20(6-7-42-30)28(34-29)23-13-36(4)15-33-23/h5-10,13,15-17,39H,1,11-12,14H2,2-4H3/t16-,17+/m0/s1. The minimum absolute atomic E-state index is 0.0158. The summed E-state index contributed by atoms with van der Waals surface area (Å²) in [4.78, 5) is 23.7. The molecule has 0 bridgehead atoms. The van der Waals surface area contributed by atoms with E-state index in [1.807, 2.05) is 46.9 Å². The summed E-state index contributed by atoms with van der Waals surface area (Å²) < 4.78 is 40.4. The number of amides is 1. The molecule has 5 heterocycles. The van der Waals surface area contributed by atoms with Gasteiger partial charge in [-0.15, -0.1) is 11.3 Å². The number of carbonyl (C=O) groups excluding carboxylic acids is 1.